The zero-order valence-corrected chi connectivity index (χ0v) is 15.8. The number of carbonyl (C=O) groups excluding carboxylic acids is 1. The normalized spacial score (nSPS) is 43.0. The van der Waals surface area contributed by atoms with Crippen LogP contribution < -0.4 is 5.11 Å². The van der Waals surface area contributed by atoms with Gasteiger partial charge in [-0.3, -0.25) is 0 Å². The third-order valence-electron chi connectivity index (χ3n) is 8.47. The molecule has 0 amide bonds. The number of hydrogen-bond donors (Lipinski definition) is 0. The van der Waals surface area contributed by atoms with Crippen LogP contribution in [-0.2, 0) is 11.2 Å². The van der Waals surface area contributed by atoms with Crippen molar-refractivity contribution in [2.45, 2.75) is 78.1 Å². The van der Waals surface area contributed by atoms with Crippen molar-refractivity contribution in [2.75, 3.05) is 0 Å². The summed E-state index contributed by atoms with van der Waals surface area (Å²) in [5.74, 6) is 2.93. The van der Waals surface area contributed by atoms with Gasteiger partial charge in [-0.15, -0.1) is 0 Å². The molecule has 0 N–H and O–H groups in total. The summed E-state index contributed by atoms with van der Waals surface area (Å²) in [5, 5.41) is 11.1. The minimum absolute atomic E-state index is 0.144. The van der Waals surface area contributed by atoms with Crippen LogP contribution in [0, 0.1) is 28.6 Å². The first-order chi connectivity index (χ1) is 11.8. The molecule has 0 spiro atoms. The van der Waals surface area contributed by atoms with E-state index in [4.69, 9.17) is 4.42 Å². The lowest BCUT2D eigenvalue weighted by Crippen LogP contribution is -2.54. The van der Waals surface area contributed by atoms with Crippen LogP contribution in [0.15, 0.2) is 16.7 Å². The molecular formula is C22H31O3-. The van der Waals surface area contributed by atoms with Crippen LogP contribution in [-0.4, -0.2) is 5.97 Å². The minimum atomic E-state index is -0.895. The summed E-state index contributed by atoms with van der Waals surface area (Å²) in [7, 11) is 0. The van der Waals surface area contributed by atoms with Crippen molar-refractivity contribution in [3.63, 3.8) is 0 Å². The molecule has 3 heteroatoms. The lowest BCUT2D eigenvalue weighted by Gasteiger charge is -2.62. The molecule has 0 bridgehead atoms. The number of hydrogen-bond acceptors (Lipinski definition) is 3. The molecule has 1 heterocycles. The maximum Gasteiger partial charge on any atom is 0.107 e. The summed E-state index contributed by atoms with van der Waals surface area (Å²) in [6.07, 6.45) is 10.1. The molecule has 1 aromatic rings. The second-order valence-electron chi connectivity index (χ2n) is 9.58. The van der Waals surface area contributed by atoms with Crippen LogP contribution >= 0.6 is 0 Å². The number of carboxylic acid groups (broad SMARTS) is 1. The Labute approximate surface area is 151 Å². The Balaban J connectivity index is 1.66. The topological polar surface area (TPSA) is 53.3 Å². The van der Waals surface area contributed by atoms with Gasteiger partial charge in [-0.25, -0.2) is 0 Å². The van der Waals surface area contributed by atoms with E-state index in [1.807, 2.05) is 6.26 Å². The van der Waals surface area contributed by atoms with Crippen molar-refractivity contribution >= 4 is 5.97 Å². The molecule has 0 aromatic carbocycles. The molecule has 2 saturated carbocycles. The van der Waals surface area contributed by atoms with Crippen LogP contribution in [0.3, 0.4) is 0 Å². The SMILES string of the molecule is C[C@H]1c2ccoc2C[C@H]2[C@H]1CC[C@H]1[C@@](C)(CCC(=O)[O-])CCC[C@]21C. The quantitative estimate of drug-likeness (QED) is 0.822. The van der Waals surface area contributed by atoms with E-state index in [1.54, 1.807) is 0 Å². The van der Waals surface area contributed by atoms with Gasteiger partial charge in [0.1, 0.15) is 5.76 Å². The molecule has 138 valence electrons. The zero-order chi connectivity index (χ0) is 17.8. The lowest BCUT2D eigenvalue weighted by atomic mass is 9.43. The van der Waals surface area contributed by atoms with Gasteiger partial charge in [-0.2, -0.15) is 0 Å². The predicted octanol–water partition coefficient (Wildman–Crippen LogP) is 4.31. The standard InChI is InChI=1S/C22H32O3/c1-14-15-5-6-19-21(2,11-7-20(23)24)9-4-10-22(19,3)17(15)13-18-16(14)8-12-25-18/h8,12,14-15,17,19H,4-7,9-11,13H2,1-3H3,(H,23,24)/p-1/t14-,15+,17+,19+,21-,22-/m1/s1. The van der Waals surface area contributed by atoms with Gasteiger partial charge in [0.25, 0.3) is 0 Å². The van der Waals surface area contributed by atoms with Crippen molar-refractivity contribution in [3.05, 3.63) is 23.7 Å². The number of furan rings is 1. The van der Waals surface area contributed by atoms with Gasteiger partial charge >= 0.3 is 0 Å². The average Bonchev–Trinajstić information content (AvgIpc) is 3.03. The summed E-state index contributed by atoms with van der Waals surface area (Å²) in [5.41, 5.74) is 1.88. The highest BCUT2D eigenvalue weighted by Gasteiger charge is 2.57. The Hall–Kier alpha value is -1.25. The van der Waals surface area contributed by atoms with Gasteiger partial charge in [0.15, 0.2) is 0 Å². The first-order valence-electron chi connectivity index (χ1n) is 10.1. The number of carbonyl (C=O) groups is 1. The summed E-state index contributed by atoms with van der Waals surface area (Å²) in [4.78, 5) is 11.1. The Bertz CT molecular complexity index is 662. The van der Waals surface area contributed by atoms with E-state index in [1.165, 1.54) is 43.4 Å². The highest BCUT2D eigenvalue weighted by atomic mass is 16.4. The van der Waals surface area contributed by atoms with E-state index < -0.39 is 5.97 Å². The Kier molecular flexibility index (Phi) is 4.05. The van der Waals surface area contributed by atoms with Crippen LogP contribution in [0.1, 0.15) is 83.0 Å². The molecule has 25 heavy (non-hydrogen) atoms. The molecule has 1 aromatic heterocycles. The van der Waals surface area contributed by atoms with Crippen molar-refractivity contribution in [1.82, 2.24) is 0 Å². The molecule has 0 saturated heterocycles. The summed E-state index contributed by atoms with van der Waals surface area (Å²) in [6, 6.07) is 2.18. The largest absolute Gasteiger partial charge is 0.550 e. The zero-order valence-electron chi connectivity index (χ0n) is 15.8. The van der Waals surface area contributed by atoms with E-state index in [-0.39, 0.29) is 11.8 Å². The molecular weight excluding hydrogens is 312 g/mol. The molecule has 3 nitrogen and oxygen atoms in total. The first-order valence-corrected chi connectivity index (χ1v) is 10.1. The number of carboxylic acids is 1. The smallest absolute Gasteiger partial charge is 0.107 e. The molecule has 3 aliphatic carbocycles. The summed E-state index contributed by atoms with van der Waals surface area (Å²) >= 11 is 0. The maximum atomic E-state index is 11.1. The van der Waals surface area contributed by atoms with Crippen molar-refractivity contribution in [1.29, 1.82) is 0 Å². The van der Waals surface area contributed by atoms with Gasteiger partial charge in [0.2, 0.25) is 0 Å². The Morgan fingerprint density at radius 3 is 2.88 bits per heavy atom. The predicted molar refractivity (Wildman–Crippen MR) is 94.8 cm³/mol. The maximum absolute atomic E-state index is 11.1. The van der Waals surface area contributed by atoms with E-state index in [2.05, 4.69) is 26.8 Å². The molecule has 3 aliphatic rings. The minimum Gasteiger partial charge on any atom is -0.550 e. The average molecular weight is 343 g/mol. The first kappa shape index (κ1) is 17.2. The van der Waals surface area contributed by atoms with Gasteiger partial charge in [-0.1, -0.05) is 27.2 Å². The van der Waals surface area contributed by atoms with Crippen LogP contribution in [0.5, 0.6) is 0 Å². The van der Waals surface area contributed by atoms with Gasteiger partial charge in [0.05, 0.1) is 6.26 Å². The van der Waals surface area contributed by atoms with Gasteiger partial charge in [-0.05, 0) is 84.7 Å². The highest BCUT2D eigenvalue weighted by molar-refractivity contribution is 5.64. The fraction of sp³-hybridized carbons (Fsp3) is 0.773. The van der Waals surface area contributed by atoms with Crippen molar-refractivity contribution in [2.24, 2.45) is 28.6 Å². The number of fused-ring (bicyclic) bond motifs is 4. The fourth-order valence-electron chi connectivity index (χ4n) is 7.21. The molecule has 4 rings (SSSR count). The monoisotopic (exact) mass is 343 g/mol. The molecule has 0 unspecified atom stereocenters. The van der Waals surface area contributed by atoms with Crippen LogP contribution in [0.25, 0.3) is 0 Å². The van der Waals surface area contributed by atoms with Gasteiger partial charge < -0.3 is 14.3 Å². The second-order valence-corrected chi connectivity index (χ2v) is 9.58. The number of rotatable bonds is 3. The fourth-order valence-corrected chi connectivity index (χ4v) is 7.21. The molecule has 6 atom stereocenters. The summed E-state index contributed by atoms with van der Waals surface area (Å²) < 4.78 is 5.85. The van der Waals surface area contributed by atoms with E-state index in [0.29, 0.717) is 23.2 Å². The summed E-state index contributed by atoms with van der Waals surface area (Å²) in [6.45, 7) is 7.24. The van der Waals surface area contributed by atoms with Gasteiger partial charge in [0, 0.05) is 12.4 Å². The molecule has 0 aliphatic heterocycles. The molecule has 2 fully saturated rings. The third-order valence-corrected chi connectivity index (χ3v) is 8.47. The van der Waals surface area contributed by atoms with E-state index in [9.17, 15) is 9.90 Å². The Morgan fingerprint density at radius 2 is 2.12 bits per heavy atom. The van der Waals surface area contributed by atoms with Crippen LogP contribution in [0.2, 0.25) is 0 Å². The lowest BCUT2D eigenvalue weighted by molar-refractivity contribution is -0.306. The highest BCUT2D eigenvalue weighted by Crippen LogP contribution is 2.65. The molecule has 0 radical (unpaired) electrons. The van der Waals surface area contributed by atoms with Crippen LogP contribution in [0.4, 0.5) is 0 Å². The number of aliphatic carboxylic acids is 1. The van der Waals surface area contributed by atoms with Crippen molar-refractivity contribution < 1.29 is 14.3 Å². The van der Waals surface area contributed by atoms with E-state index >= 15 is 0 Å². The Morgan fingerprint density at radius 1 is 1.32 bits per heavy atom. The van der Waals surface area contributed by atoms with E-state index in [0.717, 1.165) is 18.8 Å². The third kappa shape index (κ3) is 2.57. The second kappa shape index (κ2) is 5.89. The van der Waals surface area contributed by atoms with Crippen molar-refractivity contribution in [3.8, 4) is 0 Å².